The molecule has 2 rings (SSSR count). The molecule has 0 unspecified atom stereocenters. The number of rotatable bonds is 16. The Labute approximate surface area is 188 Å². The average molecular weight is 443 g/mol. The Morgan fingerprint density at radius 1 is 1.28 bits per heavy atom. The zero-order valence-corrected chi connectivity index (χ0v) is 18.4. The van der Waals surface area contributed by atoms with Crippen molar-refractivity contribution in [1.29, 1.82) is 0 Å². The minimum atomic E-state index is 0.00945. The largest absolute Gasteiger partial charge is 0.379 e. The van der Waals surface area contributed by atoms with Crippen molar-refractivity contribution >= 4 is 17.3 Å². The number of carbonyl (C=O) groups is 1. The highest BCUT2D eigenvalue weighted by Gasteiger charge is 2.16. The second-order valence-corrected chi connectivity index (χ2v) is 6.87. The van der Waals surface area contributed by atoms with E-state index in [0.29, 0.717) is 59.2 Å². The summed E-state index contributed by atoms with van der Waals surface area (Å²) in [5.74, 6) is 0.740. The molecule has 0 saturated heterocycles. The molecule has 10 nitrogen and oxygen atoms in total. The Hall–Kier alpha value is -3.17. The van der Waals surface area contributed by atoms with Crippen LogP contribution >= 0.6 is 0 Å². The summed E-state index contributed by atoms with van der Waals surface area (Å²) in [4.78, 5) is 18.5. The smallest absolute Gasteiger partial charge is 0.228 e. The monoisotopic (exact) mass is 442 g/mol. The van der Waals surface area contributed by atoms with Crippen LogP contribution in [0.25, 0.3) is 16.0 Å². The first-order chi connectivity index (χ1) is 15.6. The van der Waals surface area contributed by atoms with E-state index in [0.717, 1.165) is 28.2 Å². The minimum Gasteiger partial charge on any atom is -0.379 e. The van der Waals surface area contributed by atoms with E-state index in [9.17, 15) is 4.79 Å². The van der Waals surface area contributed by atoms with Gasteiger partial charge in [0.2, 0.25) is 5.91 Å². The highest BCUT2D eigenvalue weighted by Crippen LogP contribution is 2.23. The van der Waals surface area contributed by atoms with Crippen LogP contribution in [0.2, 0.25) is 0 Å². The third-order valence-electron chi connectivity index (χ3n) is 4.47. The summed E-state index contributed by atoms with van der Waals surface area (Å²) in [6.07, 6.45) is 5.85. The number of amides is 1. The minimum absolute atomic E-state index is 0.00945. The Balaban J connectivity index is 1.65. The van der Waals surface area contributed by atoms with E-state index in [2.05, 4.69) is 32.2 Å². The van der Waals surface area contributed by atoms with E-state index in [1.54, 1.807) is 12.3 Å². The molecule has 2 heterocycles. The molecule has 0 aliphatic carbocycles. The summed E-state index contributed by atoms with van der Waals surface area (Å²) >= 11 is 0. The highest BCUT2D eigenvalue weighted by atomic mass is 16.5. The van der Waals surface area contributed by atoms with Crippen LogP contribution in [-0.4, -0.2) is 63.6 Å². The fraction of sp³-hybridized carbons (Fsp3) is 0.455. The van der Waals surface area contributed by atoms with Crippen molar-refractivity contribution in [3.63, 3.8) is 0 Å². The molecule has 0 aromatic carbocycles. The lowest BCUT2D eigenvalue weighted by Gasteiger charge is -2.10. The number of hydrogen-bond donors (Lipinski definition) is 2. The van der Waals surface area contributed by atoms with Crippen LogP contribution in [0.5, 0.6) is 0 Å². The van der Waals surface area contributed by atoms with Crippen molar-refractivity contribution in [3.8, 4) is 0 Å². The number of nitrogens with one attached hydrogen (secondary N) is 2. The van der Waals surface area contributed by atoms with Gasteiger partial charge >= 0.3 is 0 Å². The maximum Gasteiger partial charge on any atom is 0.228 e. The summed E-state index contributed by atoms with van der Waals surface area (Å²) < 4.78 is 16.2. The topological polar surface area (TPSA) is 130 Å². The first-order valence-corrected chi connectivity index (χ1v) is 10.4. The van der Waals surface area contributed by atoms with E-state index in [4.69, 9.17) is 19.7 Å². The van der Waals surface area contributed by atoms with Gasteiger partial charge < -0.3 is 24.8 Å². The predicted molar refractivity (Wildman–Crippen MR) is 123 cm³/mol. The van der Waals surface area contributed by atoms with Gasteiger partial charge in [-0.2, -0.15) is 0 Å². The first-order valence-electron chi connectivity index (χ1n) is 10.4. The number of aromatic nitrogens is 1. The number of azide groups is 1. The molecule has 1 amide bonds. The van der Waals surface area contributed by atoms with E-state index < -0.39 is 0 Å². The third-order valence-corrected chi connectivity index (χ3v) is 4.47. The molecule has 0 bridgehead atoms. The van der Waals surface area contributed by atoms with E-state index in [1.807, 2.05) is 25.1 Å². The second kappa shape index (κ2) is 14.8. The fourth-order valence-electron chi connectivity index (χ4n) is 2.86. The third kappa shape index (κ3) is 9.32. The van der Waals surface area contributed by atoms with Crippen LogP contribution in [0, 0.1) is 0 Å². The molecular formula is C22H30N6O4. The number of nitrogens with zero attached hydrogens (tertiary/aromatic N) is 4. The molecule has 0 spiro atoms. The van der Waals surface area contributed by atoms with Crippen molar-refractivity contribution < 1.29 is 19.0 Å². The second-order valence-electron chi connectivity index (χ2n) is 6.87. The van der Waals surface area contributed by atoms with Crippen molar-refractivity contribution in [1.82, 2.24) is 10.3 Å². The Morgan fingerprint density at radius 3 is 2.66 bits per heavy atom. The van der Waals surface area contributed by atoms with Crippen molar-refractivity contribution in [2.24, 2.45) is 5.11 Å². The van der Waals surface area contributed by atoms with Gasteiger partial charge in [-0.1, -0.05) is 17.8 Å². The van der Waals surface area contributed by atoms with Crippen LogP contribution in [-0.2, 0) is 19.0 Å². The van der Waals surface area contributed by atoms with Gasteiger partial charge in [-0.3, -0.25) is 4.79 Å². The van der Waals surface area contributed by atoms with Crippen LogP contribution in [0.15, 0.2) is 53.4 Å². The van der Waals surface area contributed by atoms with E-state index in [-0.39, 0.29) is 5.91 Å². The van der Waals surface area contributed by atoms with Crippen LogP contribution in [0.4, 0.5) is 5.82 Å². The standard InChI is InChI=1S/C22H30N6O4/c1-3-18(15-20-17(2)14-22(29)27-20)19-4-5-24-21(16-19)25-6-8-30-10-12-32-13-11-31-9-7-26-28-23/h3-5,15-16H,1,6-14H2,2H3,(H,24,25)(H,27,29)/b18-15+. The molecule has 32 heavy (non-hydrogen) atoms. The number of hydrogen-bond acceptors (Lipinski definition) is 7. The normalized spacial score (nSPS) is 13.7. The molecule has 1 aromatic heterocycles. The van der Waals surface area contributed by atoms with Crippen molar-refractivity contribution in [3.05, 3.63) is 64.3 Å². The molecule has 10 heteroatoms. The van der Waals surface area contributed by atoms with Gasteiger partial charge in [0.05, 0.1) is 39.6 Å². The molecule has 0 radical (unpaired) electrons. The number of carbonyl (C=O) groups excluding carboxylic acids is 1. The molecule has 2 N–H and O–H groups in total. The maximum absolute atomic E-state index is 11.6. The SMILES string of the molecule is C=C/C(=C\C1=C(C)CC(=O)N1)c1ccnc(NCCOCCOCCOCCN=[N+]=[N-])c1. The lowest BCUT2D eigenvalue weighted by molar-refractivity contribution is -0.118. The number of anilines is 1. The molecule has 172 valence electrons. The quantitative estimate of drug-likeness (QED) is 0.133. The van der Waals surface area contributed by atoms with Crippen LogP contribution in [0.1, 0.15) is 18.9 Å². The zero-order valence-electron chi connectivity index (χ0n) is 18.4. The van der Waals surface area contributed by atoms with Gasteiger partial charge in [0.15, 0.2) is 0 Å². The number of ether oxygens (including phenoxy) is 3. The van der Waals surface area contributed by atoms with Gasteiger partial charge in [0.25, 0.3) is 0 Å². The highest BCUT2D eigenvalue weighted by molar-refractivity contribution is 5.87. The number of pyridine rings is 1. The Bertz CT molecular complexity index is 877. The maximum atomic E-state index is 11.6. The van der Waals surface area contributed by atoms with Crippen LogP contribution in [0.3, 0.4) is 0 Å². The van der Waals surface area contributed by atoms with Crippen LogP contribution < -0.4 is 10.6 Å². The van der Waals surface area contributed by atoms with Gasteiger partial charge in [0.1, 0.15) is 5.82 Å². The molecule has 1 aromatic rings. The lowest BCUT2D eigenvalue weighted by Crippen LogP contribution is -2.14. The van der Waals surface area contributed by atoms with Crippen molar-refractivity contribution in [2.45, 2.75) is 13.3 Å². The summed E-state index contributed by atoms with van der Waals surface area (Å²) in [6.45, 7) is 9.55. The van der Waals surface area contributed by atoms with Crippen molar-refractivity contribution in [2.75, 3.05) is 58.0 Å². The fourth-order valence-corrected chi connectivity index (χ4v) is 2.86. The van der Waals surface area contributed by atoms with Gasteiger partial charge in [-0.15, -0.1) is 0 Å². The molecule has 0 saturated carbocycles. The molecule has 0 atom stereocenters. The zero-order chi connectivity index (χ0) is 23.0. The molecule has 0 fully saturated rings. The summed E-state index contributed by atoms with van der Waals surface area (Å²) in [5.41, 5.74) is 11.8. The summed E-state index contributed by atoms with van der Waals surface area (Å²) in [5, 5.41) is 9.48. The van der Waals surface area contributed by atoms with E-state index in [1.165, 1.54) is 0 Å². The Kier molecular flexibility index (Phi) is 11.6. The van der Waals surface area contributed by atoms with E-state index >= 15 is 0 Å². The average Bonchev–Trinajstić information content (AvgIpc) is 3.12. The summed E-state index contributed by atoms with van der Waals surface area (Å²) in [7, 11) is 0. The Morgan fingerprint density at radius 2 is 2.00 bits per heavy atom. The lowest BCUT2D eigenvalue weighted by atomic mass is 10.0. The molecule has 1 aliphatic heterocycles. The van der Waals surface area contributed by atoms with Gasteiger partial charge in [-0.05, 0) is 47.4 Å². The predicted octanol–water partition coefficient (Wildman–Crippen LogP) is 3.22. The number of allylic oxidation sites excluding steroid dienone is 3. The van der Waals surface area contributed by atoms with Gasteiger partial charge in [-0.25, -0.2) is 4.98 Å². The van der Waals surface area contributed by atoms with Gasteiger partial charge in [0, 0.05) is 36.3 Å². The molecule has 1 aliphatic rings. The first kappa shape index (κ1) is 25.1. The molecular weight excluding hydrogens is 412 g/mol. The summed E-state index contributed by atoms with van der Waals surface area (Å²) in [6, 6.07) is 3.84.